The van der Waals surface area contributed by atoms with Crippen molar-refractivity contribution in [3.05, 3.63) is 89.5 Å². The van der Waals surface area contributed by atoms with Gasteiger partial charge in [0.1, 0.15) is 23.7 Å². The van der Waals surface area contributed by atoms with Crippen LogP contribution in [0.1, 0.15) is 54.9 Å². The van der Waals surface area contributed by atoms with Crippen molar-refractivity contribution in [3.8, 4) is 0 Å². The van der Waals surface area contributed by atoms with E-state index >= 15 is 0 Å². The second kappa shape index (κ2) is 15.3. The highest BCUT2D eigenvalue weighted by atomic mass is 16.6. The first kappa shape index (κ1) is 35.5. The van der Waals surface area contributed by atoms with E-state index in [0.29, 0.717) is 31.2 Å². The van der Waals surface area contributed by atoms with Crippen molar-refractivity contribution in [2.75, 3.05) is 38.3 Å². The zero-order valence-corrected chi connectivity index (χ0v) is 29.0. The van der Waals surface area contributed by atoms with Crippen LogP contribution in [0.2, 0.25) is 0 Å². The molecule has 3 amide bonds. The second-order valence-corrected chi connectivity index (χ2v) is 13.6. The molecule has 6 rings (SSSR count). The molecule has 4 heterocycles. The Balaban J connectivity index is 1.44. The zero-order valence-electron chi connectivity index (χ0n) is 29.0. The van der Waals surface area contributed by atoms with Crippen LogP contribution >= 0.6 is 0 Å². The van der Waals surface area contributed by atoms with Crippen molar-refractivity contribution >= 4 is 29.4 Å². The summed E-state index contributed by atoms with van der Waals surface area (Å²) >= 11 is 0. The Morgan fingerprint density at radius 2 is 1.72 bits per heavy atom. The summed E-state index contributed by atoms with van der Waals surface area (Å²) in [5.41, 5.74) is 1.86. The fourth-order valence-corrected chi connectivity index (χ4v) is 8.13. The van der Waals surface area contributed by atoms with Crippen LogP contribution in [0.4, 0.5) is 5.69 Å². The Bertz CT molecular complexity index is 1620. The normalized spacial score (nSPS) is 30.4. The van der Waals surface area contributed by atoms with Gasteiger partial charge in [-0.15, -0.1) is 0 Å². The summed E-state index contributed by atoms with van der Waals surface area (Å²) in [5, 5.41) is 12.4. The monoisotopic (exact) mass is 685 g/mol. The van der Waals surface area contributed by atoms with Gasteiger partial charge in [-0.3, -0.25) is 19.2 Å². The average Bonchev–Trinajstić information content (AvgIpc) is 3.48. The minimum Gasteiger partial charge on any atom is -0.455 e. The van der Waals surface area contributed by atoms with E-state index in [4.69, 9.17) is 14.2 Å². The number of aliphatic hydroxyl groups is 1. The number of fused-ring (bicyclic) bond motifs is 2. The average molecular weight is 686 g/mol. The second-order valence-electron chi connectivity index (χ2n) is 13.6. The topological polar surface area (TPSA) is 135 Å². The molecule has 7 atom stereocenters. The number of allylic oxidation sites excluding steroid dienone is 1. The lowest BCUT2D eigenvalue weighted by atomic mass is 9.77. The minimum atomic E-state index is -1.45. The molecule has 266 valence electrons. The maximum absolute atomic E-state index is 14.9. The molecule has 1 spiro atoms. The van der Waals surface area contributed by atoms with E-state index in [2.05, 4.69) is 5.32 Å². The highest BCUT2D eigenvalue weighted by Crippen LogP contribution is 2.53. The molecule has 4 aliphatic rings. The molecular formula is C39H47N3O8. The van der Waals surface area contributed by atoms with Crippen molar-refractivity contribution in [2.45, 2.75) is 75.8 Å². The number of carbonyl (C=O) groups excluding carboxylic acids is 4. The number of hydrogen-bond donors (Lipinski definition) is 2. The van der Waals surface area contributed by atoms with E-state index in [1.165, 1.54) is 7.11 Å². The lowest BCUT2D eigenvalue weighted by Gasteiger charge is -2.36. The van der Waals surface area contributed by atoms with Gasteiger partial charge >= 0.3 is 5.97 Å². The number of aliphatic hydroxyl groups excluding tert-OH is 1. The molecule has 4 aliphatic heterocycles. The molecular weight excluding hydrogens is 638 g/mol. The minimum absolute atomic E-state index is 0.0318. The summed E-state index contributed by atoms with van der Waals surface area (Å²) in [6, 6.07) is 13.3. The highest BCUT2D eigenvalue weighted by Gasteiger charge is 2.72. The number of nitrogens with zero attached hydrogens (tertiary/aromatic N) is 2. The van der Waals surface area contributed by atoms with Crippen LogP contribution in [-0.2, 0) is 33.4 Å². The van der Waals surface area contributed by atoms with Gasteiger partial charge in [-0.1, -0.05) is 72.8 Å². The molecule has 2 aromatic rings. The van der Waals surface area contributed by atoms with Crippen molar-refractivity contribution in [3.63, 3.8) is 0 Å². The molecule has 0 aliphatic carbocycles. The zero-order chi connectivity index (χ0) is 35.4. The van der Waals surface area contributed by atoms with Crippen molar-refractivity contribution in [1.82, 2.24) is 10.2 Å². The van der Waals surface area contributed by atoms with Gasteiger partial charge in [-0.05, 0) is 56.2 Å². The number of carbonyl (C=O) groups is 4. The number of para-hydroxylation sites is 1. The molecule has 0 unspecified atom stereocenters. The summed E-state index contributed by atoms with van der Waals surface area (Å²) in [4.78, 5) is 60.6. The standard InChI is InChI=1S/C39H47N3O8/c1-25-14-12-15-26(2)33(25)41-22-13-20-39-32(36(45)42(35(39)37(41)46)21-10-5-11-23-43)31-29(50-39)18-8-9-19-30(44)40-28(24-48-3)34(49-38(31)47)27-16-6-4-7-17-27/h4,6-8,12-18,20,28-29,31-32,34-35,43H,5,9-11,19,21-24H2,1-3H3,(H,40,44)/b18-8-/t28-,29-,31+,32+,34-,35-,39+/m1/s1. The van der Waals surface area contributed by atoms with Crippen LogP contribution in [0.25, 0.3) is 0 Å². The van der Waals surface area contributed by atoms with Gasteiger partial charge in [0.2, 0.25) is 11.8 Å². The Hall–Kier alpha value is -4.32. The first-order valence-corrected chi connectivity index (χ1v) is 17.6. The van der Waals surface area contributed by atoms with Gasteiger partial charge < -0.3 is 34.4 Å². The third kappa shape index (κ3) is 6.61. The van der Waals surface area contributed by atoms with Crippen LogP contribution in [0.5, 0.6) is 0 Å². The molecule has 0 saturated carbocycles. The van der Waals surface area contributed by atoms with Crippen molar-refractivity contribution in [2.24, 2.45) is 11.8 Å². The maximum Gasteiger partial charge on any atom is 0.313 e. The molecule has 0 bridgehead atoms. The van der Waals surface area contributed by atoms with Crippen LogP contribution in [0.15, 0.2) is 72.8 Å². The van der Waals surface area contributed by atoms with Crippen molar-refractivity contribution < 1.29 is 38.5 Å². The van der Waals surface area contributed by atoms with Crippen LogP contribution in [0.3, 0.4) is 0 Å². The number of benzene rings is 2. The lowest BCUT2D eigenvalue weighted by molar-refractivity contribution is -0.162. The van der Waals surface area contributed by atoms with Gasteiger partial charge in [0.25, 0.3) is 5.91 Å². The number of methoxy groups -OCH3 is 1. The Morgan fingerprint density at radius 3 is 2.44 bits per heavy atom. The number of rotatable bonds is 9. The largest absolute Gasteiger partial charge is 0.455 e. The molecule has 0 aromatic heterocycles. The lowest BCUT2D eigenvalue weighted by Crippen LogP contribution is -2.55. The number of aryl methyl sites for hydroxylation is 2. The number of anilines is 1. The third-order valence-electron chi connectivity index (χ3n) is 10.3. The summed E-state index contributed by atoms with van der Waals surface area (Å²) in [6.45, 7) is 4.57. The number of hydrogen-bond acceptors (Lipinski definition) is 8. The maximum atomic E-state index is 14.9. The third-order valence-corrected chi connectivity index (χ3v) is 10.3. The number of nitrogens with one attached hydrogen (secondary N) is 1. The number of esters is 1. The SMILES string of the molecule is COC[C@H]1NC(=O)CC/C=C\[C@H]2O[C@]34C=CCN(c5c(C)cccc5C)C(=O)[C@H]3N(CCCCCO)C(=O)[C@@H]4[C@H]2C(=O)O[C@@H]1c1ccccc1. The van der Waals surface area contributed by atoms with Gasteiger partial charge in [0, 0.05) is 38.9 Å². The molecule has 2 N–H and O–H groups in total. The Labute approximate surface area is 293 Å². The predicted molar refractivity (Wildman–Crippen MR) is 186 cm³/mol. The number of amides is 3. The number of unbranched alkanes of at least 4 members (excludes halogenated alkanes) is 2. The molecule has 50 heavy (non-hydrogen) atoms. The quantitative estimate of drug-likeness (QED) is 0.232. The Kier molecular flexibility index (Phi) is 10.9. The molecule has 11 nitrogen and oxygen atoms in total. The molecule has 11 heteroatoms. The van der Waals surface area contributed by atoms with E-state index in [1.54, 1.807) is 22.0 Å². The first-order valence-electron chi connectivity index (χ1n) is 17.6. The predicted octanol–water partition coefficient (Wildman–Crippen LogP) is 3.72. The summed E-state index contributed by atoms with van der Waals surface area (Å²) in [6.07, 6.45) is 7.78. The number of ether oxygens (including phenoxy) is 3. The van der Waals surface area contributed by atoms with Gasteiger partial charge in [-0.2, -0.15) is 0 Å². The Morgan fingerprint density at radius 1 is 0.960 bits per heavy atom. The van der Waals surface area contributed by atoms with E-state index in [9.17, 15) is 24.3 Å². The highest BCUT2D eigenvalue weighted by molar-refractivity contribution is 6.06. The van der Waals surface area contributed by atoms with E-state index in [1.807, 2.05) is 74.5 Å². The van der Waals surface area contributed by atoms with E-state index in [0.717, 1.165) is 16.8 Å². The number of cyclic esters (lactones) is 1. The number of likely N-dealkylation sites (tertiary alicyclic amines) is 1. The van der Waals surface area contributed by atoms with Crippen LogP contribution in [-0.4, -0.2) is 90.9 Å². The molecule has 2 aromatic carbocycles. The van der Waals surface area contributed by atoms with Gasteiger partial charge in [0.15, 0.2) is 0 Å². The molecule has 0 radical (unpaired) electrons. The first-order chi connectivity index (χ1) is 24.2. The van der Waals surface area contributed by atoms with E-state index in [-0.39, 0.29) is 50.4 Å². The van der Waals surface area contributed by atoms with Crippen LogP contribution in [0, 0.1) is 25.7 Å². The van der Waals surface area contributed by atoms with Gasteiger partial charge in [-0.25, -0.2) is 0 Å². The summed E-state index contributed by atoms with van der Waals surface area (Å²) in [7, 11) is 1.52. The molecule has 2 saturated heterocycles. The fourth-order valence-electron chi connectivity index (χ4n) is 8.13. The molecule has 2 fully saturated rings. The van der Waals surface area contributed by atoms with E-state index < -0.39 is 47.7 Å². The summed E-state index contributed by atoms with van der Waals surface area (Å²) < 4.78 is 18.7. The van der Waals surface area contributed by atoms with Crippen molar-refractivity contribution in [1.29, 1.82) is 0 Å². The van der Waals surface area contributed by atoms with Gasteiger partial charge in [0.05, 0.1) is 24.7 Å². The smallest absolute Gasteiger partial charge is 0.313 e. The van der Waals surface area contributed by atoms with Crippen LogP contribution < -0.4 is 10.2 Å². The summed E-state index contributed by atoms with van der Waals surface area (Å²) in [5.74, 6) is -3.61. The fraction of sp³-hybridized carbons (Fsp3) is 0.487.